The smallest absolute Gasteiger partial charge is 0.335 e. The van der Waals surface area contributed by atoms with Gasteiger partial charge in [0.1, 0.15) is 0 Å². The van der Waals surface area contributed by atoms with Gasteiger partial charge in [0.25, 0.3) is 5.91 Å². The lowest BCUT2D eigenvalue weighted by atomic mass is 10.0. The summed E-state index contributed by atoms with van der Waals surface area (Å²) in [5.74, 6) is -1.22. The van der Waals surface area contributed by atoms with Crippen LogP contribution in [0.4, 0.5) is 5.69 Å². The first-order valence-electron chi connectivity index (χ1n) is 7.08. The van der Waals surface area contributed by atoms with Gasteiger partial charge in [0.15, 0.2) is 0 Å². The van der Waals surface area contributed by atoms with Crippen molar-refractivity contribution in [2.45, 2.75) is 13.3 Å². The highest BCUT2D eigenvalue weighted by Crippen LogP contribution is 2.33. The highest BCUT2D eigenvalue weighted by Gasteiger charge is 2.25. The van der Waals surface area contributed by atoms with Crippen molar-refractivity contribution in [3.63, 3.8) is 0 Å². The zero-order valence-corrected chi connectivity index (χ0v) is 12.1. The van der Waals surface area contributed by atoms with Gasteiger partial charge in [-0.2, -0.15) is 0 Å². The molecule has 22 heavy (non-hydrogen) atoms. The molecule has 110 valence electrons. The van der Waals surface area contributed by atoms with Gasteiger partial charge in [0.2, 0.25) is 0 Å². The third kappa shape index (κ3) is 2.51. The van der Waals surface area contributed by atoms with E-state index in [9.17, 15) is 9.59 Å². The Balaban J connectivity index is 2.04. The predicted molar refractivity (Wildman–Crippen MR) is 85.7 cm³/mol. The Morgan fingerprint density at radius 3 is 2.55 bits per heavy atom. The molecule has 1 heterocycles. The van der Waals surface area contributed by atoms with Crippen molar-refractivity contribution in [3.05, 3.63) is 64.7 Å². The van der Waals surface area contributed by atoms with E-state index in [0.717, 1.165) is 12.0 Å². The first-order chi connectivity index (χ1) is 10.6. The molecule has 0 fully saturated rings. The van der Waals surface area contributed by atoms with E-state index in [1.54, 1.807) is 12.1 Å². The molecule has 0 radical (unpaired) electrons. The Labute approximate surface area is 128 Å². The molecule has 0 aromatic heterocycles. The molecule has 0 aliphatic carbocycles. The number of aromatic carboxylic acids is 1. The first kappa shape index (κ1) is 14.1. The predicted octanol–water partition coefficient (Wildman–Crippen LogP) is 3.44. The SMILES string of the molecule is CCc1ccc(/C=C2/C(=O)Nc3ccc(C(=O)O)cc32)cc1. The van der Waals surface area contributed by atoms with E-state index < -0.39 is 5.97 Å². The highest BCUT2D eigenvalue weighted by atomic mass is 16.4. The van der Waals surface area contributed by atoms with E-state index in [0.29, 0.717) is 16.8 Å². The average molecular weight is 293 g/mol. The van der Waals surface area contributed by atoms with Crippen LogP contribution in [0.15, 0.2) is 42.5 Å². The summed E-state index contributed by atoms with van der Waals surface area (Å²) in [7, 11) is 0. The van der Waals surface area contributed by atoms with E-state index in [4.69, 9.17) is 5.11 Å². The van der Waals surface area contributed by atoms with E-state index in [-0.39, 0.29) is 11.5 Å². The molecule has 1 aliphatic heterocycles. The van der Waals surface area contributed by atoms with Gasteiger partial charge < -0.3 is 10.4 Å². The fraction of sp³-hybridized carbons (Fsp3) is 0.111. The van der Waals surface area contributed by atoms with E-state index >= 15 is 0 Å². The van der Waals surface area contributed by atoms with E-state index in [1.165, 1.54) is 17.7 Å². The molecule has 0 saturated carbocycles. The minimum Gasteiger partial charge on any atom is -0.478 e. The largest absolute Gasteiger partial charge is 0.478 e. The lowest BCUT2D eigenvalue weighted by Gasteiger charge is -2.02. The third-order valence-electron chi connectivity index (χ3n) is 3.75. The molecule has 0 bridgehead atoms. The summed E-state index contributed by atoms with van der Waals surface area (Å²) < 4.78 is 0. The molecule has 2 aromatic carbocycles. The Morgan fingerprint density at radius 1 is 1.18 bits per heavy atom. The second-order valence-corrected chi connectivity index (χ2v) is 5.17. The van der Waals surface area contributed by atoms with Crippen LogP contribution in [0.25, 0.3) is 11.6 Å². The topological polar surface area (TPSA) is 66.4 Å². The number of benzene rings is 2. The number of amides is 1. The van der Waals surface area contributed by atoms with Crippen LogP contribution < -0.4 is 5.32 Å². The summed E-state index contributed by atoms with van der Waals surface area (Å²) in [6, 6.07) is 12.6. The molecule has 4 nitrogen and oxygen atoms in total. The van der Waals surface area contributed by atoms with Gasteiger partial charge in [0, 0.05) is 16.8 Å². The second kappa shape index (κ2) is 5.48. The zero-order valence-electron chi connectivity index (χ0n) is 12.1. The first-order valence-corrected chi connectivity index (χ1v) is 7.08. The molecule has 4 heteroatoms. The maximum absolute atomic E-state index is 12.1. The maximum Gasteiger partial charge on any atom is 0.335 e. The van der Waals surface area contributed by atoms with Crippen molar-refractivity contribution < 1.29 is 14.7 Å². The normalized spacial score (nSPS) is 14.8. The monoisotopic (exact) mass is 293 g/mol. The standard InChI is InChI=1S/C18H15NO3/c1-2-11-3-5-12(6-4-11)9-15-14-10-13(18(21)22)7-8-16(14)19-17(15)20/h3-10H,2H2,1H3,(H,19,20)(H,21,22)/b15-9+. The van der Waals surface area contributed by atoms with Crippen molar-refractivity contribution in [2.24, 2.45) is 0 Å². The number of carbonyl (C=O) groups is 2. The molecule has 2 aromatic rings. The minimum atomic E-state index is -1.01. The van der Waals surface area contributed by atoms with Crippen LogP contribution >= 0.6 is 0 Å². The molecule has 1 amide bonds. The van der Waals surface area contributed by atoms with E-state index in [1.807, 2.05) is 24.3 Å². The number of hydrogen-bond acceptors (Lipinski definition) is 2. The molecule has 2 N–H and O–H groups in total. The van der Waals surface area contributed by atoms with Crippen LogP contribution in [-0.2, 0) is 11.2 Å². The van der Waals surface area contributed by atoms with E-state index in [2.05, 4.69) is 12.2 Å². The molecule has 0 atom stereocenters. The Kier molecular flexibility index (Phi) is 3.51. The Hall–Kier alpha value is -2.88. The molecule has 0 spiro atoms. The number of hydrogen-bond donors (Lipinski definition) is 2. The summed E-state index contributed by atoms with van der Waals surface area (Å²) in [6.45, 7) is 2.08. The van der Waals surface area contributed by atoms with Crippen molar-refractivity contribution in [3.8, 4) is 0 Å². The third-order valence-corrected chi connectivity index (χ3v) is 3.75. The fourth-order valence-corrected chi connectivity index (χ4v) is 2.48. The number of carbonyl (C=O) groups excluding carboxylic acids is 1. The van der Waals surface area contributed by atoms with Crippen molar-refractivity contribution in [1.29, 1.82) is 0 Å². The van der Waals surface area contributed by atoms with Gasteiger partial charge in [-0.1, -0.05) is 31.2 Å². The van der Waals surface area contributed by atoms with Crippen molar-refractivity contribution >= 4 is 29.2 Å². The summed E-state index contributed by atoms with van der Waals surface area (Å²) in [4.78, 5) is 23.2. The zero-order chi connectivity index (χ0) is 15.7. The Morgan fingerprint density at radius 2 is 1.91 bits per heavy atom. The van der Waals surface area contributed by atoms with Crippen LogP contribution in [0.5, 0.6) is 0 Å². The van der Waals surface area contributed by atoms with Gasteiger partial charge in [-0.15, -0.1) is 0 Å². The van der Waals surface area contributed by atoms with Gasteiger partial charge in [-0.3, -0.25) is 4.79 Å². The highest BCUT2D eigenvalue weighted by molar-refractivity contribution is 6.35. The number of aryl methyl sites for hydroxylation is 1. The Bertz CT molecular complexity index is 788. The van der Waals surface area contributed by atoms with Crippen LogP contribution in [0.3, 0.4) is 0 Å². The lowest BCUT2D eigenvalue weighted by molar-refractivity contribution is -0.110. The summed E-state index contributed by atoms with van der Waals surface area (Å²) in [6.07, 6.45) is 2.74. The van der Waals surface area contributed by atoms with Crippen LogP contribution in [0, 0.1) is 0 Å². The molecule has 0 saturated heterocycles. The van der Waals surface area contributed by atoms with Crippen molar-refractivity contribution in [2.75, 3.05) is 5.32 Å². The second-order valence-electron chi connectivity index (χ2n) is 5.17. The van der Waals surface area contributed by atoms with Gasteiger partial charge in [-0.25, -0.2) is 4.79 Å². The minimum absolute atomic E-state index is 0.169. The average Bonchev–Trinajstić information content (AvgIpc) is 2.83. The number of rotatable bonds is 3. The van der Waals surface area contributed by atoms with Gasteiger partial charge in [0.05, 0.1) is 5.56 Å². The molecular weight excluding hydrogens is 278 g/mol. The summed E-state index contributed by atoms with van der Waals surface area (Å²) >= 11 is 0. The fourth-order valence-electron chi connectivity index (χ4n) is 2.48. The number of anilines is 1. The van der Waals surface area contributed by atoms with Gasteiger partial charge >= 0.3 is 5.97 Å². The molecule has 3 rings (SSSR count). The lowest BCUT2D eigenvalue weighted by Crippen LogP contribution is -2.03. The van der Waals surface area contributed by atoms with Crippen LogP contribution in [-0.4, -0.2) is 17.0 Å². The molecule has 1 aliphatic rings. The number of nitrogens with one attached hydrogen (secondary N) is 1. The number of carboxylic acids is 1. The number of fused-ring (bicyclic) bond motifs is 1. The quantitative estimate of drug-likeness (QED) is 0.852. The summed E-state index contributed by atoms with van der Waals surface area (Å²) in [5.41, 5.74) is 4.07. The maximum atomic E-state index is 12.1. The number of carboxylic acid groups (broad SMARTS) is 1. The van der Waals surface area contributed by atoms with Gasteiger partial charge in [-0.05, 0) is 41.8 Å². The summed E-state index contributed by atoms with van der Waals surface area (Å²) in [5, 5.41) is 11.8. The van der Waals surface area contributed by atoms with Crippen LogP contribution in [0.2, 0.25) is 0 Å². The van der Waals surface area contributed by atoms with Crippen LogP contribution in [0.1, 0.15) is 34.0 Å². The molecule has 0 unspecified atom stereocenters. The molecular formula is C18H15NO3. The van der Waals surface area contributed by atoms with Crippen molar-refractivity contribution in [1.82, 2.24) is 0 Å².